The van der Waals surface area contributed by atoms with E-state index in [1.165, 1.54) is 33.0 Å². The molecule has 1 aliphatic rings. The van der Waals surface area contributed by atoms with Crippen LogP contribution in [0.4, 0.5) is 5.82 Å². The van der Waals surface area contributed by atoms with E-state index in [1.807, 2.05) is 26.8 Å². The van der Waals surface area contributed by atoms with Crippen molar-refractivity contribution in [2.75, 3.05) is 45.6 Å². The van der Waals surface area contributed by atoms with Crippen LogP contribution >= 0.6 is 0 Å². The Hall–Kier alpha value is -7.03. The first kappa shape index (κ1) is 51.0. The lowest BCUT2D eigenvalue weighted by Gasteiger charge is -2.33. The van der Waals surface area contributed by atoms with Gasteiger partial charge in [-0.25, -0.2) is 14.8 Å². The van der Waals surface area contributed by atoms with Crippen LogP contribution in [-0.4, -0.2) is 118 Å². The highest BCUT2D eigenvalue weighted by atomic mass is 16.5. The Morgan fingerprint density at radius 2 is 1.55 bits per heavy atom. The highest BCUT2D eigenvalue weighted by Gasteiger charge is 2.37. The van der Waals surface area contributed by atoms with Gasteiger partial charge in [-0.05, 0) is 111 Å². The van der Waals surface area contributed by atoms with Crippen molar-refractivity contribution in [1.82, 2.24) is 30.8 Å². The first-order valence-corrected chi connectivity index (χ1v) is 22.0. The zero-order valence-corrected chi connectivity index (χ0v) is 38.6. The van der Waals surface area contributed by atoms with Gasteiger partial charge in [-0.3, -0.25) is 19.2 Å². The number of likely N-dealkylation sites (N-methyl/N-ethyl adjacent to an activating group) is 1. The van der Waals surface area contributed by atoms with Gasteiger partial charge >= 0.3 is 5.97 Å². The van der Waals surface area contributed by atoms with Crippen molar-refractivity contribution in [3.8, 4) is 45.5 Å². The van der Waals surface area contributed by atoms with Crippen LogP contribution < -0.4 is 48.4 Å². The SMILES string of the molecule is Cc1nc(-c2ccc(C(C)(C)C)cc2O)nc(N)c1C(=O)N[C@@H](CCN)C(=O)N(C)[C@@H]1C(=O)N[C@@H](C)C(=O)N[C@H](C(=O)O)Cc2ccc(OCCCN)c(c2)-c2cc1cc(OCCCN)c2O. The van der Waals surface area contributed by atoms with Crippen molar-refractivity contribution in [2.45, 2.75) is 89.9 Å². The average Bonchev–Trinajstić information content (AvgIpc) is 3.26. The zero-order valence-electron chi connectivity index (χ0n) is 38.6. The molecule has 0 saturated carbocycles. The van der Waals surface area contributed by atoms with Crippen LogP contribution in [0, 0.1) is 6.92 Å². The number of carboxylic acids is 1. The Kier molecular flexibility index (Phi) is 16.7. The number of phenolic OH excluding ortho intramolecular Hbond substituents is 2. The van der Waals surface area contributed by atoms with Crippen LogP contribution in [0.15, 0.2) is 48.5 Å². The number of nitrogens with one attached hydrogen (secondary N) is 3. The number of nitrogens with two attached hydrogens (primary N) is 4. The van der Waals surface area contributed by atoms with Crippen LogP contribution in [0.2, 0.25) is 0 Å². The number of aryl methyl sites for hydroxylation is 1. The molecule has 14 N–H and O–H groups in total. The summed E-state index contributed by atoms with van der Waals surface area (Å²) in [5, 5.41) is 40.7. The summed E-state index contributed by atoms with van der Waals surface area (Å²) in [4.78, 5) is 79.3. The topological polar surface area (TPSA) is 334 Å². The van der Waals surface area contributed by atoms with E-state index in [0.29, 0.717) is 24.9 Å². The second-order valence-corrected chi connectivity index (χ2v) is 17.4. The summed E-state index contributed by atoms with van der Waals surface area (Å²) >= 11 is 0. The van der Waals surface area contributed by atoms with Gasteiger partial charge in [0.1, 0.15) is 47.0 Å². The predicted molar refractivity (Wildman–Crippen MR) is 250 cm³/mol. The maximum Gasteiger partial charge on any atom is 0.326 e. The Bertz CT molecular complexity index is 2470. The van der Waals surface area contributed by atoms with Gasteiger partial charge in [0.15, 0.2) is 17.3 Å². The molecule has 3 aromatic carbocycles. The largest absolute Gasteiger partial charge is 0.507 e. The number of carboxylic acid groups (broad SMARTS) is 1. The van der Waals surface area contributed by atoms with Crippen molar-refractivity contribution in [1.29, 1.82) is 0 Å². The molecular weight excluding hydrogens is 865 g/mol. The van der Waals surface area contributed by atoms with Gasteiger partial charge < -0.3 is 68.6 Å². The van der Waals surface area contributed by atoms with Crippen LogP contribution in [0.5, 0.6) is 23.0 Å². The normalized spacial score (nSPS) is 16.8. The van der Waals surface area contributed by atoms with Crippen molar-refractivity contribution in [3.63, 3.8) is 0 Å². The summed E-state index contributed by atoms with van der Waals surface area (Å²) < 4.78 is 12.1. The fourth-order valence-corrected chi connectivity index (χ4v) is 7.53. The first-order valence-electron chi connectivity index (χ1n) is 22.0. The number of fused-ring (bicyclic) bond motifs is 5. The number of amides is 4. The van der Waals surface area contributed by atoms with E-state index in [1.54, 1.807) is 30.3 Å². The molecular formula is C47H62N10O10. The second-order valence-electron chi connectivity index (χ2n) is 17.4. The Balaban J connectivity index is 1.61. The molecule has 0 aliphatic carbocycles. The number of nitrogen functional groups attached to an aromatic ring is 1. The van der Waals surface area contributed by atoms with E-state index in [-0.39, 0.29) is 113 Å². The number of aromatic hydroxyl groups is 2. The number of phenols is 2. The molecule has 1 aliphatic heterocycles. The fraction of sp³-hybridized carbons (Fsp3) is 0.426. The number of anilines is 1. The number of hydrogen-bond acceptors (Lipinski definition) is 15. The second kappa shape index (κ2) is 22.0. The van der Waals surface area contributed by atoms with Gasteiger partial charge in [0.2, 0.25) is 17.7 Å². The monoisotopic (exact) mass is 926 g/mol. The van der Waals surface area contributed by atoms with Gasteiger partial charge in [-0.15, -0.1) is 0 Å². The molecule has 20 heteroatoms. The number of rotatable bonds is 16. The fourth-order valence-electron chi connectivity index (χ4n) is 7.53. The molecule has 1 aromatic heterocycles. The third kappa shape index (κ3) is 12.1. The van der Waals surface area contributed by atoms with Gasteiger partial charge in [0, 0.05) is 24.6 Å². The molecule has 0 saturated heterocycles. The molecule has 360 valence electrons. The number of nitrogens with zero attached hydrogens (tertiary/aromatic N) is 3. The van der Waals surface area contributed by atoms with Crippen molar-refractivity contribution < 1.29 is 48.8 Å². The van der Waals surface area contributed by atoms with Crippen LogP contribution in [0.1, 0.15) is 85.7 Å². The lowest BCUT2D eigenvalue weighted by Crippen LogP contribution is -2.55. The third-order valence-corrected chi connectivity index (χ3v) is 11.3. The molecule has 0 unspecified atom stereocenters. The molecule has 2 heterocycles. The van der Waals surface area contributed by atoms with Crippen molar-refractivity contribution >= 4 is 35.4 Å². The predicted octanol–water partition coefficient (Wildman–Crippen LogP) is 2.14. The molecule has 67 heavy (non-hydrogen) atoms. The molecule has 20 nitrogen and oxygen atoms in total. The first-order chi connectivity index (χ1) is 31.7. The molecule has 5 rings (SSSR count). The van der Waals surface area contributed by atoms with Crippen LogP contribution in [-0.2, 0) is 31.0 Å². The van der Waals surface area contributed by atoms with Gasteiger partial charge in [0.05, 0.1) is 24.5 Å². The number of aromatic nitrogens is 2. The molecule has 4 amide bonds. The Morgan fingerprint density at radius 1 is 0.881 bits per heavy atom. The summed E-state index contributed by atoms with van der Waals surface area (Å²) in [5.74, 6) is -5.09. The number of benzene rings is 3. The lowest BCUT2D eigenvalue weighted by molar-refractivity contribution is -0.143. The van der Waals surface area contributed by atoms with Crippen molar-refractivity contribution in [3.05, 3.63) is 76.5 Å². The summed E-state index contributed by atoms with van der Waals surface area (Å²) in [6.45, 7) is 9.60. The van der Waals surface area contributed by atoms with Gasteiger partial charge in [0.25, 0.3) is 5.91 Å². The molecule has 0 radical (unpaired) electrons. The van der Waals surface area contributed by atoms with Gasteiger partial charge in [-0.1, -0.05) is 32.9 Å². The number of carbonyl (C=O) groups excluding carboxylic acids is 4. The van der Waals surface area contributed by atoms with Crippen molar-refractivity contribution in [2.24, 2.45) is 17.2 Å². The van der Waals surface area contributed by atoms with E-state index in [0.717, 1.165) is 10.5 Å². The minimum absolute atomic E-state index is 0.0540. The lowest BCUT2D eigenvalue weighted by atomic mass is 9.86. The Morgan fingerprint density at radius 3 is 2.15 bits per heavy atom. The maximum atomic E-state index is 14.7. The summed E-state index contributed by atoms with van der Waals surface area (Å²) in [6, 6.07) is 7.07. The average molecular weight is 927 g/mol. The Labute approximate surface area is 388 Å². The highest BCUT2D eigenvalue weighted by Crippen LogP contribution is 2.45. The molecule has 4 aromatic rings. The smallest absolute Gasteiger partial charge is 0.326 e. The number of ether oxygens (including phenoxy) is 2. The van der Waals surface area contributed by atoms with E-state index < -0.39 is 53.8 Å². The maximum absolute atomic E-state index is 14.7. The number of carbonyl (C=O) groups is 5. The number of aliphatic carboxylic acids is 1. The van der Waals surface area contributed by atoms with Crippen LogP contribution in [0.25, 0.3) is 22.5 Å². The van der Waals surface area contributed by atoms with Crippen LogP contribution in [0.3, 0.4) is 0 Å². The van der Waals surface area contributed by atoms with E-state index in [9.17, 15) is 39.3 Å². The number of hydrogen-bond donors (Lipinski definition) is 10. The molecule has 4 bridgehead atoms. The summed E-state index contributed by atoms with van der Waals surface area (Å²) in [7, 11) is 1.31. The summed E-state index contributed by atoms with van der Waals surface area (Å²) in [6.07, 6.45) is 0.569. The minimum Gasteiger partial charge on any atom is -0.507 e. The minimum atomic E-state index is -1.59. The third-order valence-electron chi connectivity index (χ3n) is 11.3. The zero-order chi connectivity index (χ0) is 49.3. The quantitative estimate of drug-likeness (QED) is 0.0720. The summed E-state index contributed by atoms with van der Waals surface area (Å²) in [5.41, 5.74) is 25.7. The highest BCUT2D eigenvalue weighted by molar-refractivity contribution is 6.02. The van der Waals surface area contributed by atoms with E-state index in [4.69, 9.17) is 32.4 Å². The standard InChI is InChI=1S/C47H62N10O10/c1-24-37(40(51)56-41(52-24)29-11-10-28(23-34(29)58)47(3,4)5)43(61)54-32(13-16-50)45(63)57(6)38-27-21-31(39(59)36(22-27)67-18-8-15-49)30-19-26(9-12-35(30)66-17-7-14-48)20-33(46(64)65)55-42(60)25(2)53-44(38)62/h9-12,19,21-23,25,32-33,38,58-59H,7-8,13-18,20,48-50H2,1-6H3,(H,53,62)(H,54,61)(H,55,60)(H,64,65)(H2,51,52,56)/t25-,32-,33-,38-/m0/s1. The molecule has 0 spiro atoms. The molecule has 0 fully saturated rings. The van der Waals surface area contributed by atoms with E-state index >= 15 is 0 Å². The van der Waals surface area contributed by atoms with E-state index in [2.05, 4.69) is 25.9 Å². The molecule has 4 atom stereocenters. The van der Waals surface area contributed by atoms with Gasteiger partial charge in [-0.2, -0.15) is 0 Å².